The van der Waals surface area contributed by atoms with Gasteiger partial charge in [-0.05, 0) is 19.1 Å². The Morgan fingerprint density at radius 1 is 1.28 bits per heavy atom. The van der Waals surface area contributed by atoms with Crippen LogP contribution < -0.4 is 10.0 Å². The molecule has 0 saturated heterocycles. The molecule has 0 bridgehead atoms. The van der Waals surface area contributed by atoms with Crippen molar-refractivity contribution in [2.24, 2.45) is 0 Å². The number of hydrogen-bond acceptors (Lipinski definition) is 5. The van der Waals surface area contributed by atoms with Gasteiger partial charge in [0.15, 0.2) is 4.90 Å². The summed E-state index contributed by atoms with van der Waals surface area (Å²) in [6.07, 6.45) is 0. The molecule has 0 aromatic heterocycles. The number of anilines is 1. The van der Waals surface area contributed by atoms with E-state index in [9.17, 15) is 18.5 Å². The lowest BCUT2D eigenvalue weighted by Gasteiger charge is -2.09. The van der Waals surface area contributed by atoms with Crippen molar-refractivity contribution in [1.29, 1.82) is 0 Å². The fourth-order valence-electron chi connectivity index (χ4n) is 1.53. The Balaban J connectivity index is 3.45. The van der Waals surface area contributed by atoms with Crippen molar-refractivity contribution in [3.8, 4) is 0 Å². The maximum Gasteiger partial charge on any atom is 0.312 e. The molecule has 0 heterocycles. The van der Waals surface area contributed by atoms with Gasteiger partial charge >= 0.3 is 5.69 Å². The molecule has 0 aliphatic rings. The van der Waals surface area contributed by atoms with E-state index in [1.165, 1.54) is 18.2 Å². The number of para-hydroxylation sites is 1. The van der Waals surface area contributed by atoms with Gasteiger partial charge in [-0.15, -0.1) is 0 Å². The molecule has 0 radical (unpaired) electrons. The van der Waals surface area contributed by atoms with Gasteiger partial charge in [0.2, 0.25) is 10.0 Å². The number of benzene rings is 1. The van der Waals surface area contributed by atoms with E-state index >= 15 is 0 Å². The van der Waals surface area contributed by atoms with Gasteiger partial charge in [-0.25, -0.2) is 13.1 Å². The molecule has 7 nitrogen and oxygen atoms in total. The van der Waals surface area contributed by atoms with Gasteiger partial charge < -0.3 is 5.32 Å². The topological polar surface area (TPSA) is 101 Å². The normalized spacial score (nSPS) is 11.2. The van der Waals surface area contributed by atoms with Crippen LogP contribution in [0.4, 0.5) is 11.4 Å². The average molecular weight is 273 g/mol. The summed E-state index contributed by atoms with van der Waals surface area (Å²) < 4.78 is 26.0. The zero-order valence-electron chi connectivity index (χ0n) is 10.1. The molecule has 0 unspecified atom stereocenters. The third kappa shape index (κ3) is 2.96. The fraction of sp³-hybridized carbons (Fsp3) is 0.400. The van der Waals surface area contributed by atoms with E-state index in [0.717, 1.165) is 0 Å². The van der Waals surface area contributed by atoms with E-state index in [1.807, 2.05) is 0 Å². The van der Waals surface area contributed by atoms with Crippen LogP contribution in [-0.4, -0.2) is 26.4 Å². The van der Waals surface area contributed by atoms with Crippen LogP contribution in [0.5, 0.6) is 0 Å². The van der Waals surface area contributed by atoms with Crippen LogP contribution >= 0.6 is 0 Å². The summed E-state index contributed by atoms with van der Waals surface area (Å²) in [6.45, 7) is 4.02. The van der Waals surface area contributed by atoms with Crippen LogP contribution in [0.1, 0.15) is 13.8 Å². The molecule has 100 valence electrons. The molecule has 8 heteroatoms. The molecule has 0 aliphatic heterocycles. The summed E-state index contributed by atoms with van der Waals surface area (Å²) in [6, 6.07) is 4.17. The predicted octanol–water partition coefficient (Wildman–Crippen LogP) is 1.32. The fourth-order valence-corrected chi connectivity index (χ4v) is 2.76. The van der Waals surface area contributed by atoms with Crippen molar-refractivity contribution < 1.29 is 13.3 Å². The Bertz CT molecular complexity index is 542. The van der Waals surface area contributed by atoms with Gasteiger partial charge in [-0.2, -0.15) is 0 Å². The monoisotopic (exact) mass is 273 g/mol. The number of nitro groups is 1. The lowest BCUT2D eigenvalue weighted by Crippen LogP contribution is -2.24. The second-order valence-corrected chi connectivity index (χ2v) is 5.18. The Hall–Kier alpha value is -1.67. The minimum Gasteiger partial charge on any atom is -0.380 e. The maximum absolute atomic E-state index is 11.9. The summed E-state index contributed by atoms with van der Waals surface area (Å²) in [5.41, 5.74) is -0.234. The first kappa shape index (κ1) is 14.4. The molecule has 18 heavy (non-hydrogen) atoms. The Kier molecular flexibility index (Phi) is 4.62. The van der Waals surface area contributed by atoms with E-state index in [4.69, 9.17) is 0 Å². The third-order valence-electron chi connectivity index (χ3n) is 2.17. The van der Waals surface area contributed by atoms with E-state index < -0.39 is 20.6 Å². The molecular weight excluding hydrogens is 258 g/mol. The molecule has 0 saturated carbocycles. The molecule has 2 N–H and O–H groups in total. The summed E-state index contributed by atoms with van der Waals surface area (Å²) in [7, 11) is -3.86. The highest BCUT2D eigenvalue weighted by atomic mass is 32.2. The van der Waals surface area contributed by atoms with Crippen LogP contribution in [0.25, 0.3) is 0 Å². The number of hydrogen-bond donors (Lipinski definition) is 2. The van der Waals surface area contributed by atoms with Gasteiger partial charge in [0.1, 0.15) is 5.69 Å². The van der Waals surface area contributed by atoms with E-state index in [1.54, 1.807) is 13.8 Å². The van der Waals surface area contributed by atoms with Crippen molar-refractivity contribution >= 4 is 21.4 Å². The van der Waals surface area contributed by atoms with Crippen molar-refractivity contribution in [2.45, 2.75) is 18.7 Å². The molecule has 0 amide bonds. The van der Waals surface area contributed by atoms with Gasteiger partial charge in [0.25, 0.3) is 0 Å². The maximum atomic E-state index is 11.9. The highest BCUT2D eigenvalue weighted by Crippen LogP contribution is 2.31. The molecule has 1 rings (SSSR count). The minimum atomic E-state index is -3.86. The summed E-state index contributed by atoms with van der Waals surface area (Å²) in [5.74, 6) is 0. The van der Waals surface area contributed by atoms with Crippen LogP contribution in [0.15, 0.2) is 23.1 Å². The van der Waals surface area contributed by atoms with Crippen LogP contribution in [0, 0.1) is 10.1 Å². The number of sulfonamides is 1. The van der Waals surface area contributed by atoms with E-state index in [0.29, 0.717) is 6.54 Å². The zero-order valence-corrected chi connectivity index (χ0v) is 11.0. The molecule has 1 aromatic carbocycles. The summed E-state index contributed by atoms with van der Waals surface area (Å²) in [5, 5.41) is 13.8. The first-order valence-corrected chi connectivity index (χ1v) is 6.93. The van der Waals surface area contributed by atoms with Crippen LogP contribution in [-0.2, 0) is 10.0 Å². The first-order chi connectivity index (χ1) is 8.44. The van der Waals surface area contributed by atoms with Gasteiger partial charge in [-0.3, -0.25) is 10.1 Å². The van der Waals surface area contributed by atoms with E-state index in [2.05, 4.69) is 10.0 Å². The number of nitro benzene ring substituents is 1. The predicted molar refractivity (Wildman–Crippen MR) is 68.1 cm³/mol. The lowest BCUT2D eigenvalue weighted by atomic mass is 10.2. The van der Waals surface area contributed by atoms with Crippen molar-refractivity contribution in [2.75, 3.05) is 18.4 Å². The van der Waals surface area contributed by atoms with Gasteiger partial charge in [0.05, 0.1) is 4.92 Å². The number of nitrogens with zero attached hydrogens (tertiary/aromatic N) is 1. The van der Waals surface area contributed by atoms with Crippen molar-refractivity contribution in [3.63, 3.8) is 0 Å². The molecule has 0 aliphatic carbocycles. The zero-order chi connectivity index (χ0) is 13.8. The Morgan fingerprint density at radius 3 is 2.44 bits per heavy atom. The van der Waals surface area contributed by atoms with Crippen LogP contribution in [0.3, 0.4) is 0 Å². The average Bonchev–Trinajstić information content (AvgIpc) is 2.28. The standard InChI is InChI=1S/C10H15N3O4S/c1-3-11-8-6-5-7-9(10(8)13(14)15)18(16,17)12-4-2/h5-7,11-12H,3-4H2,1-2H3. The van der Waals surface area contributed by atoms with Crippen molar-refractivity contribution in [3.05, 3.63) is 28.3 Å². The lowest BCUT2D eigenvalue weighted by molar-refractivity contribution is -0.386. The first-order valence-electron chi connectivity index (χ1n) is 5.45. The third-order valence-corrected chi connectivity index (χ3v) is 3.75. The summed E-state index contributed by atoms with van der Waals surface area (Å²) >= 11 is 0. The van der Waals surface area contributed by atoms with Gasteiger partial charge in [-0.1, -0.05) is 13.0 Å². The van der Waals surface area contributed by atoms with Gasteiger partial charge in [0, 0.05) is 13.1 Å². The molecule has 0 atom stereocenters. The highest BCUT2D eigenvalue weighted by Gasteiger charge is 2.28. The number of nitrogens with one attached hydrogen (secondary N) is 2. The second kappa shape index (κ2) is 5.78. The second-order valence-electron chi connectivity index (χ2n) is 3.44. The molecule has 0 spiro atoms. The Morgan fingerprint density at radius 2 is 1.94 bits per heavy atom. The SMILES string of the molecule is CCNc1cccc(S(=O)(=O)NCC)c1[N+](=O)[O-]. The molecule has 0 fully saturated rings. The summed E-state index contributed by atoms with van der Waals surface area (Å²) in [4.78, 5) is 10.0. The smallest absolute Gasteiger partial charge is 0.312 e. The molecular formula is C10H15N3O4S. The van der Waals surface area contributed by atoms with E-state index in [-0.39, 0.29) is 17.1 Å². The number of rotatable bonds is 6. The quantitative estimate of drug-likeness (QED) is 0.601. The highest BCUT2D eigenvalue weighted by molar-refractivity contribution is 7.89. The molecule has 1 aromatic rings. The van der Waals surface area contributed by atoms with Crippen molar-refractivity contribution in [1.82, 2.24) is 4.72 Å². The minimum absolute atomic E-state index is 0.172. The van der Waals surface area contributed by atoms with Crippen LogP contribution in [0.2, 0.25) is 0 Å². The largest absolute Gasteiger partial charge is 0.380 e. The Labute approximate surface area is 105 Å².